The summed E-state index contributed by atoms with van der Waals surface area (Å²) in [5.74, 6) is -0.995. The van der Waals surface area contributed by atoms with Crippen LogP contribution in [0.25, 0.3) is 16.7 Å². The molecule has 0 atom stereocenters. The Morgan fingerprint density at radius 1 is 1.15 bits per heavy atom. The van der Waals surface area contributed by atoms with Gasteiger partial charge in [0.2, 0.25) is 0 Å². The molecular formula is C14H8Cl2N2O2. The van der Waals surface area contributed by atoms with Crippen molar-refractivity contribution in [3.63, 3.8) is 0 Å². The second-order valence-corrected chi connectivity index (χ2v) is 5.01. The molecule has 0 amide bonds. The molecule has 4 nitrogen and oxygen atoms in total. The number of halogens is 2. The van der Waals surface area contributed by atoms with Gasteiger partial charge in [0.25, 0.3) is 0 Å². The summed E-state index contributed by atoms with van der Waals surface area (Å²) >= 11 is 12.3. The van der Waals surface area contributed by atoms with Gasteiger partial charge in [0, 0.05) is 0 Å². The lowest BCUT2D eigenvalue weighted by Crippen LogP contribution is -1.98. The number of benzene rings is 2. The number of hydrogen-bond donors (Lipinski definition) is 1. The summed E-state index contributed by atoms with van der Waals surface area (Å²) in [6, 6.07) is 9.89. The summed E-state index contributed by atoms with van der Waals surface area (Å²) in [6.45, 7) is 0. The van der Waals surface area contributed by atoms with Gasteiger partial charge in [0.1, 0.15) is 6.33 Å². The molecular weight excluding hydrogens is 299 g/mol. The Morgan fingerprint density at radius 3 is 2.50 bits per heavy atom. The lowest BCUT2D eigenvalue weighted by molar-refractivity contribution is 0.0697. The molecule has 0 saturated carbocycles. The number of rotatable bonds is 2. The van der Waals surface area contributed by atoms with Crippen molar-refractivity contribution in [2.75, 3.05) is 0 Å². The minimum atomic E-state index is -0.995. The Labute approximate surface area is 124 Å². The normalized spacial score (nSPS) is 10.9. The average molecular weight is 307 g/mol. The maximum atomic E-state index is 11.1. The molecule has 20 heavy (non-hydrogen) atoms. The molecule has 3 rings (SSSR count). The van der Waals surface area contributed by atoms with E-state index in [1.165, 1.54) is 6.07 Å². The van der Waals surface area contributed by atoms with Crippen LogP contribution in [0.5, 0.6) is 0 Å². The Balaban J connectivity index is 2.31. The third-order valence-corrected chi connectivity index (χ3v) is 3.58. The van der Waals surface area contributed by atoms with Crippen LogP contribution in [0.4, 0.5) is 0 Å². The van der Waals surface area contributed by atoms with Crippen molar-refractivity contribution in [1.82, 2.24) is 9.55 Å². The van der Waals surface area contributed by atoms with Crippen LogP contribution in [0.1, 0.15) is 10.4 Å². The molecule has 0 spiro atoms. The van der Waals surface area contributed by atoms with E-state index in [4.69, 9.17) is 28.3 Å². The average Bonchev–Trinajstić information content (AvgIpc) is 2.81. The Morgan fingerprint density at radius 2 is 1.85 bits per heavy atom. The number of fused-ring (bicyclic) bond motifs is 1. The van der Waals surface area contributed by atoms with Crippen molar-refractivity contribution in [2.45, 2.75) is 0 Å². The van der Waals surface area contributed by atoms with Crippen LogP contribution in [0.15, 0.2) is 42.7 Å². The van der Waals surface area contributed by atoms with Crippen molar-refractivity contribution in [3.8, 4) is 5.69 Å². The largest absolute Gasteiger partial charge is 0.478 e. The van der Waals surface area contributed by atoms with E-state index in [1.54, 1.807) is 41.2 Å². The van der Waals surface area contributed by atoms with E-state index < -0.39 is 5.97 Å². The first-order chi connectivity index (χ1) is 9.58. The van der Waals surface area contributed by atoms with Crippen LogP contribution < -0.4 is 0 Å². The third-order valence-electron chi connectivity index (χ3n) is 2.97. The molecule has 0 fully saturated rings. The van der Waals surface area contributed by atoms with Gasteiger partial charge >= 0.3 is 5.97 Å². The topological polar surface area (TPSA) is 55.1 Å². The van der Waals surface area contributed by atoms with E-state index in [0.717, 1.165) is 0 Å². The summed E-state index contributed by atoms with van der Waals surface area (Å²) < 4.78 is 1.69. The van der Waals surface area contributed by atoms with E-state index >= 15 is 0 Å². The highest BCUT2D eigenvalue weighted by Gasteiger charge is 2.13. The van der Waals surface area contributed by atoms with Crippen LogP contribution in [0.3, 0.4) is 0 Å². The highest BCUT2D eigenvalue weighted by atomic mass is 35.5. The molecule has 0 radical (unpaired) electrons. The molecule has 0 aliphatic rings. The molecule has 1 N–H and O–H groups in total. The van der Waals surface area contributed by atoms with Crippen molar-refractivity contribution >= 4 is 40.2 Å². The van der Waals surface area contributed by atoms with Crippen molar-refractivity contribution in [3.05, 3.63) is 58.3 Å². The van der Waals surface area contributed by atoms with Gasteiger partial charge in [0.05, 0.1) is 32.3 Å². The Kier molecular flexibility index (Phi) is 3.12. The highest BCUT2D eigenvalue weighted by Crippen LogP contribution is 2.31. The van der Waals surface area contributed by atoms with Crippen LogP contribution in [0.2, 0.25) is 10.0 Å². The zero-order valence-electron chi connectivity index (χ0n) is 10.0. The molecule has 100 valence electrons. The zero-order chi connectivity index (χ0) is 14.3. The first-order valence-electron chi connectivity index (χ1n) is 5.72. The number of carboxylic acid groups (broad SMARTS) is 1. The Bertz CT molecular complexity index is 807. The van der Waals surface area contributed by atoms with Crippen LogP contribution in [-0.4, -0.2) is 20.6 Å². The molecule has 0 aliphatic heterocycles. The van der Waals surface area contributed by atoms with Crippen molar-refractivity contribution in [1.29, 1.82) is 0 Å². The lowest BCUT2D eigenvalue weighted by atomic mass is 10.2. The number of hydrogen-bond acceptors (Lipinski definition) is 2. The van der Waals surface area contributed by atoms with Crippen molar-refractivity contribution in [2.24, 2.45) is 0 Å². The van der Waals surface area contributed by atoms with E-state index in [-0.39, 0.29) is 5.56 Å². The summed E-state index contributed by atoms with van der Waals surface area (Å²) in [7, 11) is 0. The summed E-state index contributed by atoms with van der Waals surface area (Å²) in [4.78, 5) is 15.3. The minimum absolute atomic E-state index is 0.183. The number of para-hydroxylation sites is 1. The van der Waals surface area contributed by atoms with E-state index in [9.17, 15) is 4.79 Å². The third kappa shape index (κ3) is 2.03. The van der Waals surface area contributed by atoms with Gasteiger partial charge in [-0.2, -0.15) is 0 Å². The number of imidazole rings is 1. The smallest absolute Gasteiger partial charge is 0.335 e. The molecule has 0 unspecified atom stereocenters. The number of carboxylic acids is 1. The molecule has 2 aromatic carbocycles. The van der Waals surface area contributed by atoms with Gasteiger partial charge in [-0.1, -0.05) is 29.3 Å². The molecule has 6 heteroatoms. The quantitative estimate of drug-likeness (QED) is 0.777. The second kappa shape index (κ2) is 4.81. The van der Waals surface area contributed by atoms with Gasteiger partial charge < -0.3 is 5.11 Å². The second-order valence-electron chi connectivity index (χ2n) is 4.19. The van der Waals surface area contributed by atoms with E-state index in [0.29, 0.717) is 26.8 Å². The zero-order valence-corrected chi connectivity index (χ0v) is 11.6. The molecule has 1 heterocycles. The fourth-order valence-electron chi connectivity index (χ4n) is 2.04. The highest BCUT2D eigenvalue weighted by molar-refractivity contribution is 6.37. The molecule has 0 aliphatic carbocycles. The summed E-state index contributed by atoms with van der Waals surface area (Å²) in [5, 5.41) is 10.0. The van der Waals surface area contributed by atoms with Gasteiger partial charge in [-0.15, -0.1) is 0 Å². The van der Waals surface area contributed by atoms with E-state index in [1.807, 2.05) is 0 Å². The number of aromatic nitrogens is 2. The predicted octanol–water partition coefficient (Wildman–Crippen LogP) is 4.03. The molecule has 0 saturated heterocycles. The van der Waals surface area contributed by atoms with Crippen LogP contribution >= 0.6 is 23.2 Å². The van der Waals surface area contributed by atoms with Crippen LogP contribution in [0, 0.1) is 0 Å². The maximum Gasteiger partial charge on any atom is 0.335 e. The number of nitrogens with zero attached hydrogens (tertiary/aromatic N) is 2. The van der Waals surface area contributed by atoms with Crippen LogP contribution in [-0.2, 0) is 0 Å². The van der Waals surface area contributed by atoms with Gasteiger partial charge in [-0.25, -0.2) is 9.78 Å². The fourth-order valence-corrected chi connectivity index (χ4v) is 2.62. The Hall–Kier alpha value is -2.04. The van der Waals surface area contributed by atoms with Gasteiger partial charge in [0.15, 0.2) is 0 Å². The lowest BCUT2D eigenvalue weighted by Gasteiger charge is -2.09. The van der Waals surface area contributed by atoms with E-state index in [2.05, 4.69) is 4.98 Å². The standard InChI is InChI=1S/C14H8Cl2N2O2/c15-9-2-1-3-10(16)13(9)18-7-17-11-5-4-8(14(19)20)6-12(11)18/h1-7H,(H,19,20). The molecule has 1 aromatic heterocycles. The SMILES string of the molecule is O=C(O)c1ccc2ncn(-c3c(Cl)cccc3Cl)c2c1. The monoisotopic (exact) mass is 306 g/mol. The molecule has 0 bridgehead atoms. The minimum Gasteiger partial charge on any atom is -0.478 e. The summed E-state index contributed by atoms with van der Waals surface area (Å²) in [6.07, 6.45) is 1.57. The predicted molar refractivity (Wildman–Crippen MR) is 78.0 cm³/mol. The van der Waals surface area contributed by atoms with Gasteiger partial charge in [-0.3, -0.25) is 4.57 Å². The fraction of sp³-hybridized carbons (Fsp3) is 0. The van der Waals surface area contributed by atoms with Crippen molar-refractivity contribution < 1.29 is 9.90 Å². The number of carbonyl (C=O) groups is 1. The molecule has 3 aromatic rings. The first kappa shape index (κ1) is 13.0. The first-order valence-corrected chi connectivity index (χ1v) is 6.48. The summed E-state index contributed by atoms with van der Waals surface area (Å²) in [5.41, 5.74) is 2.08. The van der Waals surface area contributed by atoms with Gasteiger partial charge in [-0.05, 0) is 30.3 Å². The maximum absolute atomic E-state index is 11.1. The number of aromatic carboxylic acids is 1.